The molecule has 0 bridgehead atoms. The first-order valence-corrected chi connectivity index (χ1v) is 6.91. The van der Waals surface area contributed by atoms with E-state index < -0.39 is 33.0 Å². The van der Waals surface area contributed by atoms with Gasteiger partial charge in [-0.25, -0.2) is 0 Å². The van der Waals surface area contributed by atoms with Crippen molar-refractivity contribution < 1.29 is 34.2 Å². The third kappa shape index (κ3) is 6.62. The zero-order valence-corrected chi connectivity index (χ0v) is 13.1. The monoisotopic (exact) mass is 414 g/mol. The lowest BCUT2D eigenvalue weighted by atomic mass is 10.0. The Hall–Kier alpha value is -1.56. The molecule has 21 heavy (non-hydrogen) atoms. The lowest BCUT2D eigenvalue weighted by molar-refractivity contribution is -0.139. The van der Waals surface area contributed by atoms with E-state index in [0.717, 1.165) is 0 Å². The summed E-state index contributed by atoms with van der Waals surface area (Å²) in [4.78, 5) is 52.6. The van der Waals surface area contributed by atoms with Gasteiger partial charge in [-0.2, -0.15) is 0 Å². The molecule has 1 fully saturated rings. The van der Waals surface area contributed by atoms with Gasteiger partial charge in [0.15, 0.2) is 9.20 Å². The lowest BCUT2D eigenvalue weighted by Gasteiger charge is -2.13. The molecule has 0 saturated carbocycles. The van der Waals surface area contributed by atoms with Crippen LogP contribution >= 0.6 is 22.6 Å². The first-order valence-electron chi connectivity index (χ1n) is 5.83. The predicted octanol–water partition coefficient (Wildman–Crippen LogP) is -0.940. The number of Topliss-reactive ketones (excluding diaryl/α,β-unsaturated/α-hetero) is 1. The van der Waals surface area contributed by atoms with Crippen molar-refractivity contribution in [2.75, 3.05) is 6.54 Å². The Kier molecular flexibility index (Phi) is 8.02. The fourth-order valence-corrected chi connectivity index (χ4v) is 2.05. The van der Waals surface area contributed by atoms with E-state index in [0.29, 0.717) is 0 Å². The molecule has 0 radical (unpaired) electrons. The number of aliphatic carboxylic acids is 2. The molecule has 9 nitrogen and oxygen atoms in total. The van der Waals surface area contributed by atoms with E-state index in [1.165, 1.54) is 0 Å². The average molecular weight is 414 g/mol. The summed E-state index contributed by atoms with van der Waals surface area (Å²) in [6, 6.07) is 0. The third-order valence-corrected chi connectivity index (χ3v) is 3.90. The van der Waals surface area contributed by atoms with Crippen LogP contribution in [0.2, 0.25) is 0 Å². The second kappa shape index (κ2) is 8.67. The Morgan fingerprint density at radius 1 is 1.19 bits per heavy atom. The normalized spacial score (nSPS) is 20.3. The number of carbonyl (C=O) groups is 5. The molecule has 1 rings (SSSR count). The van der Waals surface area contributed by atoms with Gasteiger partial charge >= 0.3 is 11.9 Å². The quantitative estimate of drug-likeness (QED) is 0.187. The summed E-state index contributed by atoms with van der Waals surface area (Å²) in [6.07, 6.45) is -0.00824. The minimum atomic E-state index is -1.26. The number of halogens is 1. The maximum atomic E-state index is 11.1. The molecule has 1 atom stereocenters. The maximum Gasteiger partial charge on any atom is 0.303 e. The van der Waals surface area contributed by atoms with Crippen LogP contribution < -0.4 is 11.1 Å². The molecule has 1 aliphatic rings. The number of alkyl halides is 1. The SMILES string of the molecule is NCC(=O)C1(I)CC(=O)NC1=O.O=C(O)CCCC(=O)O. The molecule has 0 spiro atoms. The van der Waals surface area contributed by atoms with Crippen LogP contribution in [-0.4, -0.2) is 49.7 Å². The van der Waals surface area contributed by atoms with Crippen LogP contribution in [0.25, 0.3) is 0 Å². The summed E-state index contributed by atoms with van der Waals surface area (Å²) in [6.45, 7) is -0.219. The smallest absolute Gasteiger partial charge is 0.303 e. The van der Waals surface area contributed by atoms with Gasteiger partial charge in [0.25, 0.3) is 5.91 Å². The van der Waals surface area contributed by atoms with Gasteiger partial charge in [-0.1, -0.05) is 22.6 Å². The van der Waals surface area contributed by atoms with Gasteiger partial charge in [0.05, 0.1) is 13.0 Å². The number of nitrogens with one attached hydrogen (secondary N) is 1. The molecule has 1 aliphatic heterocycles. The Labute approximate surface area is 133 Å². The molecule has 0 aromatic heterocycles. The summed E-state index contributed by atoms with van der Waals surface area (Å²) in [5, 5.41) is 18.1. The van der Waals surface area contributed by atoms with Gasteiger partial charge in [0, 0.05) is 12.8 Å². The minimum absolute atomic E-state index is 0.0632. The van der Waals surface area contributed by atoms with Crippen LogP contribution in [0.4, 0.5) is 0 Å². The van der Waals surface area contributed by atoms with E-state index in [9.17, 15) is 24.0 Å². The van der Waals surface area contributed by atoms with E-state index in [-0.39, 0.29) is 32.2 Å². The zero-order valence-electron chi connectivity index (χ0n) is 10.9. The van der Waals surface area contributed by atoms with E-state index >= 15 is 0 Å². The van der Waals surface area contributed by atoms with Crippen molar-refractivity contribution in [3.8, 4) is 0 Å². The molecule has 0 aromatic carbocycles. The number of carboxylic acid groups (broad SMARTS) is 2. The summed E-state index contributed by atoms with van der Waals surface area (Å²) >= 11 is 1.67. The van der Waals surface area contributed by atoms with E-state index in [1.807, 2.05) is 0 Å². The molecule has 118 valence electrons. The molecule has 10 heteroatoms. The highest BCUT2D eigenvalue weighted by atomic mass is 127. The topological polar surface area (TPSA) is 164 Å². The Bertz CT molecular complexity index is 451. The van der Waals surface area contributed by atoms with Crippen LogP contribution in [0.5, 0.6) is 0 Å². The number of hydrogen-bond acceptors (Lipinski definition) is 6. The number of nitrogens with two attached hydrogens (primary N) is 1. The van der Waals surface area contributed by atoms with Crippen molar-refractivity contribution >= 4 is 52.1 Å². The fraction of sp³-hybridized carbons (Fsp3) is 0.545. The maximum absolute atomic E-state index is 11.1. The molecule has 0 aliphatic carbocycles. The van der Waals surface area contributed by atoms with Gasteiger partial charge in [0.1, 0.15) is 0 Å². The largest absolute Gasteiger partial charge is 0.481 e. The molecule has 1 saturated heterocycles. The third-order valence-electron chi connectivity index (χ3n) is 2.43. The summed E-state index contributed by atoms with van der Waals surface area (Å²) < 4.78 is -1.26. The van der Waals surface area contributed by atoms with Crippen LogP contribution in [0.3, 0.4) is 0 Å². The van der Waals surface area contributed by atoms with Crippen molar-refractivity contribution in [3.05, 3.63) is 0 Å². The molecule has 1 heterocycles. The number of amides is 2. The fourth-order valence-electron chi connectivity index (χ4n) is 1.35. The number of carboxylic acids is 2. The predicted molar refractivity (Wildman–Crippen MR) is 77.7 cm³/mol. The van der Waals surface area contributed by atoms with Crippen molar-refractivity contribution in [1.29, 1.82) is 0 Å². The number of ketones is 1. The Morgan fingerprint density at radius 2 is 1.67 bits per heavy atom. The molecular weight excluding hydrogens is 399 g/mol. The van der Waals surface area contributed by atoms with Crippen LogP contribution in [0.15, 0.2) is 0 Å². The Morgan fingerprint density at radius 3 is 1.95 bits per heavy atom. The van der Waals surface area contributed by atoms with Crippen molar-refractivity contribution in [2.24, 2.45) is 5.73 Å². The summed E-state index contributed by atoms with van der Waals surface area (Å²) in [7, 11) is 0. The number of rotatable bonds is 6. The van der Waals surface area contributed by atoms with Gasteiger partial charge in [-0.15, -0.1) is 0 Å². The van der Waals surface area contributed by atoms with Gasteiger partial charge in [0.2, 0.25) is 5.91 Å². The lowest BCUT2D eigenvalue weighted by Crippen LogP contribution is -2.43. The van der Waals surface area contributed by atoms with Gasteiger partial charge < -0.3 is 15.9 Å². The number of hydrogen-bond donors (Lipinski definition) is 4. The van der Waals surface area contributed by atoms with Crippen LogP contribution in [0, 0.1) is 0 Å². The molecular formula is C11H15IN2O7. The number of imide groups is 1. The number of carbonyl (C=O) groups excluding carboxylic acids is 3. The highest BCUT2D eigenvalue weighted by molar-refractivity contribution is 14.1. The highest BCUT2D eigenvalue weighted by Crippen LogP contribution is 2.28. The van der Waals surface area contributed by atoms with Crippen LogP contribution in [0.1, 0.15) is 25.7 Å². The first-order chi connectivity index (χ1) is 9.63. The van der Waals surface area contributed by atoms with Crippen molar-refractivity contribution in [1.82, 2.24) is 5.32 Å². The zero-order chi connectivity index (χ0) is 16.6. The van der Waals surface area contributed by atoms with Crippen molar-refractivity contribution in [3.63, 3.8) is 0 Å². The molecule has 2 amide bonds. The summed E-state index contributed by atoms with van der Waals surface area (Å²) in [5.74, 6) is -3.28. The first kappa shape index (κ1) is 19.4. The van der Waals surface area contributed by atoms with Gasteiger partial charge in [-0.3, -0.25) is 29.3 Å². The molecule has 0 aromatic rings. The van der Waals surface area contributed by atoms with Crippen LogP contribution in [-0.2, 0) is 24.0 Å². The average Bonchev–Trinajstić information content (AvgIpc) is 2.62. The minimum Gasteiger partial charge on any atom is -0.481 e. The molecule has 5 N–H and O–H groups in total. The standard InChI is InChI=1S/C6H7IN2O3.C5H8O4/c7-6(3(10)2-8)1-4(11)9-5(6)12;6-4(7)2-1-3-5(8)9/h1-2,8H2,(H,9,11,12);1-3H2,(H,6,7)(H,8,9). The van der Waals surface area contributed by atoms with E-state index in [2.05, 4.69) is 5.32 Å². The summed E-state index contributed by atoms with van der Waals surface area (Å²) in [5.41, 5.74) is 5.10. The highest BCUT2D eigenvalue weighted by Gasteiger charge is 2.49. The second-order valence-corrected chi connectivity index (χ2v) is 5.97. The van der Waals surface area contributed by atoms with Gasteiger partial charge in [-0.05, 0) is 6.42 Å². The van der Waals surface area contributed by atoms with E-state index in [4.69, 9.17) is 15.9 Å². The van der Waals surface area contributed by atoms with Crippen molar-refractivity contribution in [2.45, 2.75) is 29.1 Å². The molecule has 1 unspecified atom stereocenters. The van der Waals surface area contributed by atoms with E-state index in [1.54, 1.807) is 22.6 Å². The second-order valence-electron chi connectivity index (χ2n) is 4.12. The Balaban J connectivity index is 0.000000400.